The van der Waals surface area contributed by atoms with Crippen LogP contribution in [0.1, 0.15) is 47.1 Å². The quantitative estimate of drug-likeness (QED) is 0.0306. The molecule has 0 aliphatic carbocycles. The number of hydrogen-bond acceptors (Lipinski definition) is 11. The van der Waals surface area contributed by atoms with Gasteiger partial charge in [-0.1, -0.05) is 124 Å². The van der Waals surface area contributed by atoms with Crippen molar-refractivity contribution in [3.05, 3.63) is 137 Å². The van der Waals surface area contributed by atoms with E-state index in [-0.39, 0.29) is 54.3 Å². The van der Waals surface area contributed by atoms with E-state index in [0.717, 1.165) is 16.7 Å². The number of rotatable bonds is 25. The van der Waals surface area contributed by atoms with Gasteiger partial charge in [0, 0.05) is 30.8 Å². The molecule has 5 atom stereocenters. The van der Waals surface area contributed by atoms with E-state index < -0.39 is 63.8 Å². The Kier molecular flexibility index (Phi) is 19.0. The average molecular weight is 877 g/mol. The Labute approximate surface area is 359 Å². The minimum absolute atomic E-state index is 0.00313. The maximum Gasteiger partial charge on any atom is 0.326 e. The Bertz CT molecular complexity index is 2140. The SMILES string of the molecule is Cc1ccc(CC(NC(=O)C(CSSCC(NC(=O)C(N)Cc2ccccc2)C(=O)CCCc2ccccc2)CC(=O)C(N)Cc2ccc(S(=O)(=O)O)cc2)C(=O)O)cc1. The summed E-state index contributed by atoms with van der Waals surface area (Å²) < 4.78 is 32.2. The molecule has 4 rings (SSSR count). The molecule has 0 heterocycles. The van der Waals surface area contributed by atoms with Crippen LogP contribution >= 0.6 is 21.6 Å². The van der Waals surface area contributed by atoms with Gasteiger partial charge in [0.2, 0.25) is 11.8 Å². The van der Waals surface area contributed by atoms with Gasteiger partial charge in [-0.15, -0.1) is 0 Å². The molecule has 16 heteroatoms. The predicted molar refractivity (Wildman–Crippen MR) is 235 cm³/mol. The molecule has 4 aromatic rings. The number of aliphatic carboxylic acids is 1. The number of amides is 2. The third kappa shape index (κ3) is 16.3. The van der Waals surface area contributed by atoms with Crippen LogP contribution in [0.25, 0.3) is 0 Å². The lowest BCUT2D eigenvalue weighted by molar-refractivity contribution is -0.142. The highest BCUT2D eigenvalue weighted by Gasteiger charge is 2.30. The standard InChI is InChI=1S/C44H52N4O9S3/c1-29-15-17-33(18-16-29)25-38(44(53)54)47-42(51)34(26-41(50)36(45)23-32-19-21-35(22-20-32)60(55,56)57)27-58-59-28-39(40(49)14-8-13-30-9-4-2-5-10-30)48-43(52)37(46)24-31-11-6-3-7-12-31/h2-7,9-12,15-22,34,36-39H,8,13-14,23-28,45-46H2,1H3,(H,47,51)(H,48,52)(H,53,54)(H,55,56,57). The fourth-order valence-corrected chi connectivity index (χ4v) is 9.21. The molecule has 0 fully saturated rings. The molecule has 0 spiro atoms. The van der Waals surface area contributed by atoms with Gasteiger partial charge in [-0.3, -0.25) is 23.7 Å². The van der Waals surface area contributed by atoms with Crippen molar-refractivity contribution in [1.82, 2.24) is 10.6 Å². The number of carboxylic acids is 1. The number of nitrogens with one attached hydrogen (secondary N) is 2. The monoisotopic (exact) mass is 876 g/mol. The molecule has 0 aliphatic heterocycles. The number of Topliss-reactive ketones (excluding diaryl/α,β-unsaturated/α-hetero) is 2. The van der Waals surface area contributed by atoms with Crippen LogP contribution in [0.15, 0.2) is 114 Å². The van der Waals surface area contributed by atoms with E-state index in [9.17, 15) is 42.0 Å². The summed E-state index contributed by atoms with van der Waals surface area (Å²) in [6.07, 6.45) is 1.38. The molecule has 60 heavy (non-hydrogen) atoms. The number of aryl methyl sites for hydroxylation is 2. The second kappa shape index (κ2) is 23.8. The molecule has 0 bridgehead atoms. The third-order valence-corrected chi connectivity index (χ3v) is 13.1. The lowest BCUT2D eigenvalue weighted by Crippen LogP contribution is -2.50. The van der Waals surface area contributed by atoms with Crippen LogP contribution in [0.5, 0.6) is 0 Å². The zero-order valence-corrected chi connectivity index (χ0v) is 35.7. The van der Waals surface area contributed by atoms with Gasteiger partial charge in [-0.2, -0.15) is 8.42 Å². The third-order valence-electron chi connectivity index (χ3n) is 9.74. The van der Waals surface area contributed by atoms with Crippen LogP contribution in [0.4, 0.5) is 0 Å². The molecular weight excluding hydrogens is 825 g/mol. The number of hydrogen-bond donors (Lipinski definition) is 6. The molecule has 13 nitrogen and oxygen atoms in total. The minimum atomic E-state index is -4.42. The van der Waals surface area contributed by atoms with Crippen molar-refractivity contribution in [1.29, 1.82) is 0 Å². The van der Waals surface area contributed by atoms with Crippen LogP contribution in [-0.2, 0) is 59.8 Å². The Hall–Kier alpha value is -4.84. The Morgan fingerprint density at radius 3 is 1.75 bits per heavy atom. The Morgan fingerprint density at radius 2 is 1.15 bits per heavy atom. The summed E-state index contributed by atoms with van der Waals surface area (Å²) in [5, 5.41) is 15.5. The van der Waals surface area contributed by atoms with E-state index in [0.29, 0.717) is 24.0 Å². The van der Waals surface area contributed by atoms with E-state index >= 15 is 0 Å². The highest BCUT2D eigenvalue weighted by molar-refractivity contribution is 8.76. The minimum Gasteiger partial charge on any atom is -0.480 e. The van der Waals surface area contributed by atoms with Crippen LogP contribution < -0.4 is 22.1 Å². The Balaban J connectivity index is 1.45. The smallest absolute Gasteiger partial charge is 0.326 e. The topological polar surface area (TPSA) is 236 Å². The zero-order valence-electron chi connectivity index (χ0n) is 33.3. The molecule has 2 amide bonds. The first kappa shape index (κ1) is 47.8. The summed E-state index contributed by atoms with van der Waals surface area (Å²) >= 11 is 0. The maximum absolute atomic E-state index is 13.8. The first-order chi connectivity index (χ1) is 28.6. The van der Waals surface area contributed by atoms with Crippen molar-refractivity contribution in [3.8, 4) is 0 Å². The predicted octanol–water partition coefficient (Wildman–Crippen LogP) is 4.53. The fraction of sp³-hybridized carbons (Fsp3) is 0.341. The van der Waals surface area contributed by atoms with Crippen LogP contribution in [0.2, 0.25) is 0 Å². The van der Waals surface area contributed by atoms with E-state index in [4.69, 9.17) is 11.5 Å². The first-order valence-electron chi connectivity index (χ1n) is 19.4. The van der Waals surface area contributed by atoms with E-state index in [1.54, 1.807) is 12.1 Å². The summed E-state index contributed by atoms with van der Waals surface area (Å²) in [6, 6.07) is 27.3. The molecular formula is C44H52N4O9S3. The van der Waals surface area contributed by atoms with Crippen molar-refractivity contribution < 1.29 is 42.0 Å². The summed E-state index contributed by atoms with van der Waals surface area (Å²) in [6.45, 7) is 1.90. The molecule has 0 saturated carbocycles. The normalized spacial score (nSPS) is 13.9. The number of nitrogens with two attached hydrogens (primary N) is 2. The summed E-state index contributed by atoms with van der Waals surface area (Å²) in [5.41, 5.74) is 16.7. The van der Waals surface area contributed by atoms with Gasteiger partial charge in [0.1, 0.15) is 6.04 Å². The molecule has 0 saturated heterocycles. The second-order valence-electron chi connectivity index (χ2n) is 14.6. The maximum atomic E-state index is 13.8. The number of ketones is 2. The van der Waals surface area contributed by atoms with Crippen molar-refractivity contribution in [2.24, 2.45) is 17.4 Å². The number of carboxylic acid groups (broad SMARTS) is 1. The largest absolute Gasteiger partial charge is 0.480 e. The molecule has 320 valence electrons. The summed E-state index contributed by atoms with van der Waals surface area (Å²) in [7, 11) is -2.00. The lowest BCUT2D eigenvalue weighted by Gasteiger charge is -2.22. The van der Waals surface area contributed by atoms with Crippen molar-refractivity contribution >= 4 is 61.1 Å². The summed E-state index contributed by atoms with van der Waals surface area (Å²) in [4.78, 5) is 66.1. The molecule has 5 unspecified atom stereocenters. The molecule has 8 N–H and O–H groups in total. The van der Waals surface area contributed by atoms with Gasteiger partial charge in [0.25, 0.3) is 10.1 Å². The number of benzene rings is 4. The van der Waals surface area contributed by atoms with E-state index in [1.807, 2.05) is 79.7 Å². The van der Waals surface area contributed by atoms with Gasteiger partial charge >= 0.3 is 5.97 Å². The van der Waals surface area contributed by atoms with Crippen LogP contribution in [0.3, 0.4) is 0 Å². The second-order valence-corrected chi connectivity index (χ2v) is 18.6. The van der Waals surface area contributed by atoms with E-state index in [2.05, 4.69) is 10.6 Å². The molecule has 0 aliphatic rings. The zero-order chi connectivity index (χ0) is 43.7. The van der Waals surface area contributed by atoms with Crippen molar-refractivity contribution in [2.75, 3.05) is 11.5 Å². The molecule has 0 aromatic heterocycles. The highest BCUT2D eigenvalue weighted by atomic mass is 33.1. The fourth-order valence-electron chi connectivity index (χ4n) is 6.22. The number of carbonyl (C=O) groups is 5. The van der Waals surface area contributed by atoms with Gasteiger partial charge in [0.15, 0.2) is 11.6 Å². The highest BCUT2D eigenvalue weighted by Crippen LogP contribution is 2.28. The van der Waals surface area contributed by atoms with Gasteiger partial charge in [0.05, 0.1) is 28.9 Å². The lowest BCUT2D eigenvalue weighted by atomic mass is 9.95. The van der Waals surface area contributed by atoms with Crippen molar-refractivity contribution in [2.45, 2.75) is 80.9 Å². The van der Waals surface area contributed by atoms with Gasteiger partial charge in [-0.05, 0) is 67.0 Å². The van der Waals surface area contributed by atoms with Gasteiger partial charge < -0.3 is 27.2 Å². The first-order valence-corrected chi connectivity index (χ1v) is 23.4. The van der Waals surface area contributed by atoms with E-state index in [1.165, 1.54) is 45.9 Å². The summed E-state index contributed by atoms with van der Waals surface area (Å²) in [5.74, 6) is -3.95. The van der Waals surface area contributed by atoms with Crippen LogP contribution in [-0.4, -0.2) is 83.1 Å². The van der Waals surface area contributed by atoms with Gasteiger partial charge in [-0.25, -0.2) is 4.79 Å². The van der Waals surface area contributed by atoms with Crippen molar-refractivity contribution in [3.63, 3.8) is 0 Å². The molecule has 0 radical (unpaired) electrons. The number of carbonyl (C=O) groups excluding carboxylic acids is 4. The average Bonchev–Trinajstić information content (AvgIpc) is 3.22. The molecule has 4 aromatic carbocycles. The van der Waals surface area contributed by atoms with Crippen LogP contribution in [0, 0.1) is 12.8 Å². The Morgan fingerprint density at radius 1 is 0.633 bits per heavy atom.